The van der Waals surface area contributed by atoms with Crippen LogP contribution in [-0.4, -0.2) is 30.2 Å². The van der Waals surface area contributed by atoms with Crippen LogP contribution in [0.3, 0.4) is 0 Å². The highest BCUT2D eigenvalue weighted by Crippen LogP contribution is 2.13. The molecule has 1 aromatic rings. The smallest absolute Gasteiger partial charge is 0.253 e. The number of piperidine rings is 1. The second-order valence-electron chi connectivity index (χ2n) is 4.10. The first-order valence-electron chi connectivity index (χ1n) is 5.66. The number of hydrogen-bond acceptors (Lipinski definition) is 3. The van der Waals surface area contributed by atoms with Gasteiger partial charge >= 0.3 is 0 Å². The van der Waals surface area contributed by atoms with Crippen molar-refractivity contribution >= 4 is 12.2 Å². The van der Waals surface area contributed by atoms with Gasteiger partial charge in [-0.05, 0) is 31.4 Å². The summed E-state index contributed by atoms with van der Waals surface area (Å²) in [7, 11) is 0. The Balaban J connectivity index is 0.00000144. The van der Waals surface area contributed by atoms with Crippen molar-refractivity contribution in [2.24, 2.45) is 0 Å². The number of hydrogen-bond donors (Lipinski definition) is 1. The number of nitrogens with zero attached hydrogens (tertiary/aromatic N) is 1. The number of likely N-dealkylation sites (tertiary alicyclic amines) is 1. The van der Waals surface area contributed by atoms with Crippen LogP contribution in [0, 0.1) is 0 Å². The number of carbonyl (C=O) groups is 2. The highest BCUT2D eigenvalue weighted by atomic mass is 16.2. The third kappa shape index (κ3) is 3.14. The van der Waals surface area contributed by atoms with Gasteiger partial charge in [0.05, 0.1) is 0 Å². The van der Waals surface area contributed by atoms with Gasteiger partial charge in [-0.25, -0.2) is 0 Å². The minimum Gasteiger partial charge on any atom is -0.344 e. The van der Waals surface area contributed by atoms with E-state index < -0.39 is 0 Å². The molecule has 4 nitrogen and oxygen atoms in total. The van der Waals surface area contributed by atoms with Crippen LogP contribution in [0.15, 0.2) is 24.3 Å². The minimum atomic E-state index is 0. The summed E-state index contributed by atoms with van der Waals surface area (Å²) in [5, 5.41) is 0. The molecule has 1 aliphatic rings. The molecule has 0 bridgehead atoms. The van der Waals surface area contributed by atoms with E-state index >= 15 is 0 Å². The Kier molecular flexibility index (Phi) is 4.84. The average Bonchev–Trinajstić information content (AvgIpc) is 2.39. The maximum atomic E-state index is 12.1. The standard InChI is InChI=1S/C13H15NO2.H3N/c15-10-11-5-4-6-12(9-11)13(16)14-7-2-1-3-8-14;/h4-6,9-10H,1-3,7-8H2;1H3. The van der Waals surface area contributed by atoms with E-state index in [0.717, 1.165) is 32.2 Å². The van der Waals surface area contributed by atoms with Crippen LogP contribution in [0.5, 0.6) is 0 Å². The second-order valence-corrected chi connectivity index (χ2v) is 4.10. The lowest BCUT2D eigenvalue weighted by Crippen LogP contribution is -2.35. The van der Waals surface area contributed by atoms with Gasteiger partial charge in [-0.3, -0.25) is 9.59 Å². The maximum Gasteiger partial charge on any atom is 0.253 e. The molecule has 1 aliphatic heterocycles. The first-order valence-corrected chi connectivity index (χ1v) is 5.66. The van der Waals surface area contributed by atoms with Crippen molar-refractivity contribution in [2.75, 3.05) is 13.1 Å². The SMILES string of the molecule is N.O=Cc1cccc(C(=O)N2CCCCC2)c1. The van der Waals surface area contributed by atoms with Gasteiger partial charge in [-0.1, -0.05) is 12.1 Å². The zero-order valence-corrected chi connectivity index (χ0v) is 9.89. The van der Waals surface area contributed by atoms with Gasteiger partial charge in [0.25, 0.3) is 5.91 Å². The summed E-state index contributed by atoms with van der Waals surface area (Å²) < 4.78 is 0. The second kappa shape index (κ2) is 6.15. The van der Waals surface area contributed by atoms with Gasteiger partial charge in [-0.2, -0.15) is 0 Å². The molecule has 17 heavy (non-hydrogen) atoms. The van der Waals surface area contributed by atoms with Crippen LogP contribution in [0.1, 0.15) is 40.0 Å². The summed E-state index contributed by atoms with van der Waals surface area (Å²) in [5.41, 5.74) is 1.18. The molecule has 2 rings (SSSR count). The number of carbonyl (C=O) groups excluding carboxylic acids is 2. The Hall–Kier alpha value is -1.68. The third-order valence-corrected chi connectivity index (χ3v) is 2.91. The van der Waals surface area contributed by atoms with Crippen LogP contribution in [0.4, 0.5) is 0 Å². The molecular formula is C13H18N2O2. The van der Waals surface area contributed by atoms with Crippen LogP contribution >= 0.6 is 0 Å². The van der Waals surface area contributed by atoms with Crippen molar-refractivity contribution in [2.45, 2.75) is 19.3 Å². The summed E-state index contributed by atoms with van der Waals surface area (Å²) in [6, 6.07) is 6.88. The van der Waals surface area contributed by atoms with Gasteiger partial charge in [0.15, 0.2) is 0 Å². The first-order chi connectivity index (χ1) is 7.81. The zero-order valence-electron chi connectivity index (χ0n) is 9.89. The van der Waals surface area contributed by atoms with Crippen LogP contribution in [-0.2, 0) is 0 Å². The average molecular weight is 234 g/mol. The first kappa shape index (κ1) is 13.4. The van der Waals surface area contributed by atoms with Gasteiger partial charge in [0.1, 0.15) is 6.29 Å². The van der Waals surface area contributed by atoms with E-state index in [2.05, 4.69) is 0 Å². The van der Waals surface area contributed by atoms with E-state index in [0.29, 0.717) is 11.1 Å². The molecule has 3 N–H and O–H groups in total. The predicted molar refractivity (Wildman–Crippen MR) is 66.6 cm³/mol. The summed E-state index contributed by atoms with van der Waals surface area (Å²) >= 11 is 0. The van der Waals surface area contributed by atoms with Crippen molar-refractivity contribution in [3.05, 3.63) is 35.4 Å². The van der Waals surface area contributed by atoms with Gasteiger partial charge in [0, 0.05) is 24.2 Å². The maximum absolute atomic E-state index is 12.1. The molecule has 0 radical (unpaired) electrons. The van der Waals surface area contributed by atoms with Crippen molar-refractivity contribution < 1.29 is 9.59 Å². The third-order valence-electron chi connectivity index (χ3n) is 2.91. The zero-order chi connectivity index (χ0) is 11.4. The quantitative estimate of drug-likeness (QED) is 0.798. The van der Waals surface area contributed by atoms with Crippen molar-refractivity contribution in [1.29, 1.82) is 0 Å². The van der Waals surface area contributed by atoms with Crippen LogP contribution in [0.25, 0.3) is 0 Å². The van der Waals surface area contributed by atoms with Gasteiger partial charge in [-0.15, -0.1) is 0 Å². The van der Waals surface area contributed by atoms with E-state index in [4.69, 9.17) is 0 Å². The van der Waals surface area contributed by atoms with E-state index in [1.165, 1.54) is 6.42 Å². The number of amides is 1. The molecular weight excluding hydrogens is 216 g/mol. The number of rotatable bonds is 2. The summed E-state index contributed by atoms with van der Waals surface area (Å²) in [6.07, 6.45) is 4.14. The van der Waals surface area contributed by atoms with Crippen molar-refractivity contribution in [3.63, 3.8) is 0 Å². The fourth-order valence-electron chi connectivity index (χ4n) is 2.02. The fourth-order valence-corrected chi connectivity index (χ4v) is 2.02. The number of aldehydes is 1. The normalized spacial score (nSPS) is 14.9. The highest BCUT2D eigenvalue weighted by Gasteiger charge is 2.17. The Morgan fingerprint density at radius 1 is 1.18 bits per heavy atom. The van der Waals surface area contributed by atoms with Crippen molar-refractivity contribution in [3.8, 4) is 0 Å². The van der Waals surface area contributed by atoms with E-state index in [-0.39, 0.29) is 12.1 Å². The largest absolute Gasteiger partial charge is 0.344 e. The van der Waals surface area contributed by atoms with E-state index in [1.807, 2.05) is 4.90 Å². The Labute approximate surface area is 101 Å². The Morgan fingerprint density at radius 3 is 2.53 bits per heavy atom. The minimum absolute atomic E-state index is 0. The van der Waals surface area contributed by atoms with E-state index in [1.54, 1.807) is 24.3 Å². The molecule has 0 spiro atoms. The molecule has 1 fully saturated rings. The molecule has 0 aliphatic carbocycles. The van der Waals surface area contributed by atoms with Crippen LogP contribution < -0.4 is 6.15 Å². The van der Waals surface area contributed by atoms with Gasteiger partial charge < -0.3 is 11.1 Å². The molecule has 1 heterocycles. The summed E-state index contributed by atoms with van der Waals surface area (Å²) in [4.78, 5) is 24.6. The lowest BCUT2D eigenvalue weighted by Gasteiger charge is -2.26. The molecule has 4 heteroatoms. The molecule has 92 valence electrons. The van der Waals surface area contributed by atoms with Crippen LogP contribution in [0.2, 0.25) is 0 Å². The molecule has 0 saturated carbocycles. The Bertz CT molecular complexity index is 398. The predicted octanol–water partition coefficient (Wildman–Crippen LogP) is 2.29. The lowest BCUT2D eigenvalue weighted by atomic mass is 10.1. The fraction of sp³-hybridized carbons (Fsp3) is 0.385. The van der Waals surface area contributed by atoms with Crippen molar-refractivity contribution in [1.82, 2.24) is 11.1 Å². The van der Waals surface area contributed by atoms with E-state index in [9.17, 15) is 9.59 Å². The summed E-state index contributed by atoms with van der Waals surface area (Å²) in [5.74, 6) is 0.0448. The highest BCUT2D eigenvalue weighted by molar-refractivity contribution is 5.95. The molecule has 0 aromatic heterocycles. The topological polar surface area (TPSA) is 72.4 Å². The molecule has 1 amide bonds. The monoisotopic (exact) mass is 234 g/mol. The summed E-state index contributed by atoms with van der Waals surface area (Å²) in [6.45, 7) is 1.67. The lowest BCUT2D eigenvalue weighted by molar-refractivity contribution is 0.0724. The Morgan fingerprint density at radius 2 is 1.88 bits per heavy atom. The molecule has 1 aromatic carbocycles. The van der Waals surface area contributed by atoms with Gasteiger partial charge in [0.2, 0.25) is 0 Å². The molecule has 1 saturated heterocycles. The molecule has 0 unspecified atom stereocenters. The number of benzene rings is 1. The molecule has 0 atom stereocenters.